The van der Waals surface area contributed by atoms with Gasteiger partial charge in [-0.3, -0.25) is 14.9 Å². The number of hydrogen-bond donors (Lipinski definition) is 2. The monoisotopic (exact) mass is 353 g/mol. The second-order valence-corrected chi connectivity index (χ2v) is 7.74. The Hall–Kier alpha value is -2.67. The zero-order chi connectivity index (χ0) is 17.6. The maximum absolute atomic E-state index is 12.6. The molecule has 25 heavy (non-hydrogen) atoms. The average Bonchev–Trinajstić information content (AvgIpc) is 3.18. The van der Waals surface area contributed by atoms with E-state index in [1.807, 2.05) is 39.1 Å². The highest BCUT2D eigenvalue weighted by Gasteiger charge is 2.38. The Kier molecular flexibility index (Phi) is 3.61. The molecule has 0 bridgehead atoms. The minimum absolute atomic E-state index is 0.0247. The molecular weight excluding hydrogens is 334 g/mol. The third-order valence-electron chi connectivity index (χ3n) is 4.49. The summed E-state index contributed by atoms with van der Waals surface area (Å²) in [6, 6.07) is 6.10. The van der Waals surface area contributed by atoms with Crippen LogP contribution in [0.15, 0.2) is 36.8 Å². The van der Waals surface area contributed by atoms with E-state index in [4.69, 9.17) is 0 Å². The van der Waals surface area contributed by atoms with E-state index in [0.29, 0.717) is 6.54 Å². The molecule has 0 saturated heterocycles. The Balaban J connectivity index is 1.80. The Bertz CT molecular complexity index is 928. The van der Waals surface area contributed by atoms with Crippen LogP contribution in [0.1, 0.15) is 34.8 Å². The molecule has 6 nitrogen and oxygen atoms in total. The van der Waals surface area contributed by atoms with Gasteiger partial charge in [0.1, 0.15) is 10.5 Å². The molecule has 1 amide bonds. The molecule has 7 heteroatoms. The van der Waals surface area contributed by atoms with Crippen LogP contribution in [0.5, 0.6) is 0 Å². The van der Waals surface area contributed by atoms with Crippen molar-refractivity contribution in [2.75, 3.05) is 4.90 Å². The van der Waals surface area contributed by atoms with Crippen molar-refractivity contribution in [1.82, 2.24) is 20.5 Å². The van der Waals surface area contributed by atoms with Gasteiger partial charge in [-0.25, -0.2) is 0 Å². The number of thiophene rings is 1. The summed E-state index contributed by atoms with van der Waals surface area (Å²) >= 11 is 1.50. The molecule has 0 radical (unpaired) electrons. The number of rotatable bonds is 3. The summed E-state index contributed by atoms with van der Waals surface area (Å²) in [5, 5.41) is 10.2. The molecule has 128 valence electrons. The summed E-state index contributed by atoms with van der Waals surface area (Å²) in [5.41, 5.74) is 3.67. The molecule has 4 heterocycles. The van der Waals surface area contributed by atoms with E-state index >= 15 is 0 Å². The van der Waals surface area contributed by atoms with E-state index in [1.54, 1.807) is 12.4 Å². The predicted molar refractivity (Wildman–Crippen MR) is 98.6 cm³/mol. The maximum Gasteiger partial charge on any atom is 0.265 e. The molecule has 0 fully saturated rings. The number of nitrogens with zero attached hydrogens (tertiary/aromatic N) is 3. The van der Waals surface area contributed by atoms with Gasteiger partial charge in [0.25, 0.3) is 5.91 Å². The fourth-order valence-corrected chi connectivity index (χ4v) is 4.26. The first kappa shape index (κ1) is 15.8. The van der Waals surface area contributed by atoms with Crippen LogP contribution >= 0.6 is 11.3 Å². The summed E-state index contributed by atoms with van der Waals surface area (Å²) in [6.07, 6.45) is 5.39. The van der Waals surface area contributed by atoms with Gasteiger partial charge in [0.2, 0.25) is 0 Å². The number of aryl methyl sites for hydroxylation is 1. The molecule has 2 N–H and O–H groups in total. The van der Waals surface area contributed by atoms with Gasteiger partial charge in [-0.1, -0.05) is 0 Å². The molecule has 0 saturated carbocycles. The van der Waals surface area contributed by atoms with Crippen molar-refractivity contribution in [2.45, 2.75) is 33.0 Å². The molecule has 0 aliphatic carbocycles. The summed E-state index contributed by atoms with van der Waals surface area (Å²) in [4.78, 5) is 20.7. The second-order valence-electron chi connectivity index (χ2n) is 6.69. The van der Waals surface area contributed by atoms with Crippen molar-refractivity contribution in [3.8, 4) is 10.4 Å². The minimum atomic E-state index is -0.475. The van der Waals surface area contributed by atoms with Gasteiger partial charge in [0, 0.05) is 35.1 Å². The van der Waals surface area contributed by atoms with E-state index in [0.717, 1.165) is 32.3 Å². The van der Waals surface area contributed by atoms with Crippen LogP contribution in [-0.4, -0.2) is 26.8 Å². The van der Waals surface area contributed by atoms with Crippen molar-refractivity contribution in [2.24, 2.45) is 0 Å². The fraction of sp³-hybridized carbons (Fsp3) is 0.278. The average molecular weight is 353 g/mol. The molecular formula is C18H19N5OS. The Labute approximate surface area is 149 Å². The van der Waals surface area contributed by atoms with Crippen molar-refractivity contribution < 1.29 is 4.79 Å². The Morgan fingerprint density at radius 3 is 2.72 bits per heavy atom. The fourth-order valence-electron chi connectivity index (χ4n) is 3.13. The molecule has 1 aliphatic heterocycles. The Morgan fingerprint density at radius 2 is 2.04 bits per heavy atom. The standard InChI is InChI=1S/C18H19N5OS/c1-11-13(9-20-22-11)15-8-14-16(25-15)17(24)21-18(2,3)23(14)10-12-4-6-19-7-5-12/h4-9H,10H2,1-3H3,(H,20,22)(H,21,24). The van der Waals surface area contributed by atoms with Crippen molar-refractivity contribution in [1.29, 1.82) is 0 Å². The highest BCUT2D eigenvalue weighted by molar-refractivity contribution is 7.18. The van der Waals surface area contributed by atoms with Crippen LogP contribution in [0.3, 0.4) is 0 Å². The van der Waals surface area contributed by atoms with Gasteiger partial charge in [0.15, 0.2) is 0 Å². The van der Waals surface area contributed by atoms with Crippen LogP contribution in [-0.2, 0) is 6.54 Å². The lowest BCUT2D eigenvalue weighted by Crippen LogP contribution is -2.59. The lowest BCUT2D eigenvalue weighted by molar-refractivity contribution is 0.0902. The van der Waals surface area contributed by atoms with Crippen molar-refractivity contribution >= 4 is 22.9 Å². The van der Waals surface area contributed by atoms with Gasteiger partial charge in [-0.2, -0.15) is 5.10 Å². The first-order chi connectivity index (χ1) is 12.0. The number of aromatic amines is 1. The van der Waals surface area contributed by atoms with Crippen LogP contribution in [0, 0.1) is 6.92 Å². The molecule has 3 aromatic heterocycles. The SMILES string of the molecule is Cc1[nH]ncc1-c1cc2c(s1)C(=O)NC(C)(C)N2Cc1ccncc1. The van der Waals surface area contributed by atoms with Crippen molar-refractivity contribution in [3.63, 3.8) is 0 Å². The number of pyridine rings is 1. The zero-order valence-corrected chi connectivity index (χ0v) is 15.1. The van der Waals surface area contributed by atoms with Crippen LogP contribution < -0.4 is 10.2 Å². The highest BCUT2D eigenvalue weighted by atomic mass is 32.1. The van der Waals surface area contributed by atoms with E-state index < -0.39 is 5.66 Å². The third-order valence-corrected chi connectivity index (χ3v) is 5.65. The molecule has 0 spiro atoms. The maximum atomic E-state index is 12.6. The number of anilines is 1. The number of aromatic nitrogens is 3. The van der Waals surface area contributed by atoms with Gasteiger partial charge in [0.05, 0.1) is 11.9 Å². The molecule has 0 atom stereocenters. The predicted octanol–water partition coefficient (Wildman–Crippen LogP) is 3.33. The van der Waals surface area contributed by atoms with E-state index in [9.17, 15) is 4.79 Å². The first-order valence-electron chi connectivity index (χ1n) is 8.09. The summed E-state index contributed by atoms with van der Waals surface area (Å²) in [5.74, 6) is -0.0247. The molecule has 3 aromatic rings. The highest BCUT2D eigenvalue weighted by Crippen LogP contribution is 2.42. The van der Waals surface area contributed by atoms with Crippen LogP contribution in [0.2, 0.25) is 0 Å². The van der Waals surface area contributed by atoms with E-state index in [1.165, 1.54) is 11.3 Å². The van der Waals surface area contributed by atoms with Gasteiger partial charge >= 0.3 is 0 Å². The number of nitrogens with one attached hydrogen (secondary N) is 2. The summed E-state index contributed by atoms with van der Waals surface area (Å²) < 4.78 is 0. The Morgan fingerprint density at radius 1 is 1.28 bits per heavy atom. The topological polar surface area (TPSA) is 73.9 Å². The number of carbonyl (C=O) groups is 1. The van der Waals surface area contributed by atoms with Gasteiger partial charge in [-0.15, -0.1) is 11.3 Å². The second kappa shape index (κ2) is 5.70. The number of amides is 1. The van der Waals surface area contributed by atoms with Gasteiger partial charge in [-0.05, 0) is 44.5 Å². The first-order valence-corrected chi connectivity index (χ1v) is 8.90. The van der Waals surface area contributed by atoms with Crippen LogP contribution in [0.25, 0.3) is 10.4 Å². The van der Waals surface area contributed by atoms with E-state index in [-0.39, 0.29) is 5.91 Å². The molecule has 1 aliphatic rings. The molecule has 0 unspecified atom stereocenters. The van der Waals surface area contributed by atoms with E-state index in [2.05, 4.69) is 31.5 Å². The minimum Gasteiger partial charge on any atom is -0.343 e. The normalized spacial score (nSPS) is 15.8. The summed E-state index contributed by atoms with van der Waals surface area (Å²) in [6.45, 7) is 6.73. The van der Waals surface area contributed by atoms with Crippen LogP contribution in [0.4, 0.5) is 5.69 Å². The largest absolute Gasteiger partial charge is 0.343 e. The quantitative estimate of drug-likeness (QED) is 0.757. The molecule has 0 aromatic carbocycles. The lowest BCUT2D eigenvalue weighted by atomic mass is 10.1. The number of carbonyl (C=O) groups excluding carboxylic acids is 1. The summed E-state index contributed by atoms with van der Waals surface area (Å²) in [7, 11) is 0. The zero-order valence-electron chi connectivity index (χ0n) is 14.3. The number of H-pyrrole nitrogens is 1. The number of fused-ring (bicyclic) bond motifs is 1. The molecule has 4 rings (SSSR count). The number of hydrogen-bond acceptors (Lipinski definition) is 5. The third kappa shape index (κ3) is 2.70. The smallest absolute Gasteiger partial charge is 0.265 e. The van der Waals surface area contributed by atoms with Gasteiger partial charge < -0.3 is 10.2 Å². The van der Waals surface area contributed by atoms with Crippen molar-refractivity contribution in [3.05, 3.63) is 52.9 Å². The lowest BCUT2D eigenvalue weighted by Gasteiger charge is -2.44.